The largest absolute Gasteiger partial charge is 0.311 e. The molecule has 4 nitrogen and oxygen atoms in total. The van der Waals surface area contributed by atoms with Crippen molar-refractivity contribution in [2.75, 3.05) is 20.1 Å². The van der Waals surface area contributed by atoms with Crippen molar-refractivity contribution >= 4 is 0 Å². The van der Waals surface area contributed by atoms with Gasteiger partial charge in [-0.1, -0.05) is 30.3 Å². The average molecular weight is 270 g/mol. The Balaban J connectivity index is 1.57. The summed E-state index contributed by atoms with van der Waals surface area (Å²) in [5.41, 5.74) is 2.35. The molecule has 20 heavy (non-hydrogen) atoms. The molecule has 2 rings (SSSR count). The normalized spacial score (nSPS) is 10.9. The zero-order valence-corrected chi connectivity index (χ0v) is 12.0. The van der Waals surface area contributed by atoms with Crippen LogP contribution < -0.4 is 5.32 Å². The Bertz CT molecular complexity index is 472. The molecule has 0 spiro atoms. The molecule has 1 N–H and O–H groups in total. The first-order valence-electron chi connectivity index (χ1n) is 7.02. The molecule has 1 aromatic carbocycles. The Morgan fingerprint density at radius 3 is 2.75 bits per heavy atom. The predicted octanol–water partition coefficient (Wildman–Crippen LogP) is 2.09. The molecule has 4 heteroatoms. The van der Waals surface area contributed by atoms with Crippen LogP contribution in [0.5, 0.6) is 0 Å². The van der Waals surface area contributed by atoms with Gasteiger partial charge in [-0.25, -0.2) is 0 Å². The van der Waals surface area contributed by atoms with Crippen LogP contribution in [0.15, 0.2) is 48.9 Å². The van der Waals surface area contributed by atoms with Crippen LogP contribution in [0.4, 0.5) is 0 Å². The SMILES string of the molecule is CN(CCCNCc1cnccn1)Cc1ccccc1. The first kappa shape index (κ1) is 14.6. The van der Waals surface area contributed by atoms with Gasteiger partial charge in [0.2, 0.25) is 0 Å². The number of aromatic nitrogens is 2. The van der Waals surface area contributed by atoms with E-state index in [0.29, 0.717) is 0 Å². The molecule has 0 amide bonds. The minimum absolute atomic E-state index is 0.788. The number of nitrogens with zero attached hydrogens (tertiary/aromatic N) is 3. The fraction of sp³-hybridized carbons (Fsp3) is 0.375. The Hall–Kier alpha value is -1.78. The van der Waals surface area contributed by atoms with Crippen molar-refractivity contribution in [2.45, 2.75) is 19.5 Å². The number of hydrogen-bond acceptors (Lipinski definition) is 4. The zero-order chi connectivity index (χ0) is 14.0. The van der Waals surface area contributed by atoms with Gasteiger partial charge < -0.3 is 10.2 Å². The van der Waals surface area contributed by atoms with Crippen molar-refractivity contribution in [3.8, 4) is 0 Å². The van der Waals surface area contributed by atoms with Crippen LogP contribution in [0.1, 0.15) is 17.7 Å². The van der Waals surface area contributed by atoms with Crippen LogP contribution in [0, 0.1) is 0 Å². The summed E-state index contributed by atoms with van der Waals surface area (Å²) in [5, 5.41) is 3.39. The van der Waals surface area contributed by atoms with Crippen molar-refractivity contribution < 1.29 is 0 Å². The summed E-state index contributed by atoms with van der Waals surface area (Å²) < 4.78 is 0. The standard InChI is InChI=1S/C16H22N4/c1-20(14-15-6-3-2-4-7-15)11-5-8-17-12-16-13-18-9-10-19-16/h2-4,6-7,9-10,13,17H,5,8,11-12,14H2,1H3. The van der Waals surface area contributed by atoms with E-state index in [2.05, 4.69) is 57.6 Å². The van der Waals surface area contributed by atoms with Crippen molar-refractivity contribution in [3.05, 3.63) is 60.2 Å². The molecule has 1 heterocycles. The molecule has 0 bridgehead atoms. The summed E-state index contributed by atoms with van der Waals surface area (Å²) in [6.45, 7) is 3.87. The summed E-state index contributed by atoms with van der Waals surface area (Å²) >= 11 is 0. The number of hydrogen-bond donors (Lipinski definition) is 1. The van der Waals surface area contributed by atoms with E-state index in [1.807, 2.05) is 0 Å². The van der Waals surface area contributed by atoms with Crippen LogP contribution >= 0.6 is 0 Å². The second-order valence-electron chi connectivity index (χ2n) is 4.95. The number of benzene rings is 1. The molecule has 0 aliphatic heterocycles. The Labute approximate surface area is 120 Å². The number of nitrogens with one attached hydrogen (secondary N) is 1. The van der Waals surface area contributed by atoms with E-state index in [0.717, 1.165) is 38.3 Å². The summed E-state index contributed by atoms with van der Waals surface area (Å²) in [4.78, 5) is 10.6. The third kappa shape index (κ3) is 5.47. The van der Waals surface area contributed by atoms with E-state index in [1.165, 1.54) is 5.56 Å². The van der Waals surface area contributed by atoms with Crippen LogP contribution in [-0.2, 0) is 13.1 Å². The van der Waals surface area contributed by atoms with Gasteiger partial charge in [-0.15, -0.1) is 0 Å². The van der Waals surface area contributed by atoms with Crippen LogP contribution in [-0.4, -0.2) is 35.0 Å². The van der Waals surface area contributed by atoms with Gasteiger partial charge in [0.25, 0.3) is 0 Å². The van der Waals surface area contributed by atoms with E-state index < -0.39 is 0 Å². The van der Waals surface area contributed by atoms with Gasteiger partial charge in [-0.3, -0.25) is 9.97 Å². The lowest BCUT2D eigenvalue weighted by molar-refractivity contribution is 0.319. The summed E-state index contributed by atoms with van der Waals surface area (Å²) in [5.74, 6) is 0. The molecule has 0 saturated heterocycles. The van der Waals surface area contributed by atoms with E-state index in [1.54, 1.807) is 18.6 Å². The van der Waals surface area contributed by atoms with E-state index in [-0.39, 0.29) is 0 Å². The first-order chi connectivity index (χ1) is 9.84. The van der Waals surface area contributed by atoms with Gasteiger partial charge in [-0.05, 0) is 32.1 Å². The minimum atomic E-state index is 0.788. The second-order valence-corrected chi connectivity index (χ2v) is 4.95. The topological polar surface area (TPSA) is 41.0 Å². The maximum atomic E-state index is 4.23. The highest BCUT2D eigenvalue weighted by Crippen LogP contribution is 2.02. The van der Waals surface area contributed by atoms with Gasteiger partial charge in [0.15, 0.2) is 0 Å². The molecule has 106 valence electrons. The van der Waals surface area contributed by atoms with Crippen molar-refractivity contribution in [1.82, 2.24) is 20.2 Å². The Morgan fingerprint density at radius 1 is 1.15 bits per heavy atom. The maximum Gasteiger partial charge on any atom is 0.0724 e. The monoisotopic (exact) mass is 270 g/mol. The van der Waals surface area contributed by atoms with Gasteiger partial charge in [0, 0.05) is 31.7 Å². The lowest BCUT2D eigenvalue weighted by atomic mass is 10.2. The molecule has 0 radical (unpaired) electrons. The lowest BCUT2D eigenvalue weighted by Gasteiger charge is -2.16. The molecule has 0 saturated carbocycles. The van der Waals surface area contributed by atoms with Gasteiger partial charge in [0.05, 0.1) is 5.69 Å². The molecular formula is C16H22N4. The maximum absolute atomic E-state index is 4.23. The molecule has 1 aromatic heterocycles. The van der Waals surface area contributed by atoms with E-state index in [9.17, 15) is 0 Å². The van der Waals surface area contributed by atoms with E-state index >= 15 is 0 Å². The summed E-state index contributed by atoms with van der Waals surface area (Å²) in [6, 6.07) is 10.6. The molecule has 0 unspecified atom stereocenters. The van der Waals surface area contributed by atoms with Gasteiger partial charge in [-0.2, -0.15) is 0 Å². The van der Waals surface area contributed by atoms with E-state index in [4.69, 9.17) is 0 Å². The first-order valence-corrected chi connectivity index (χ1v) is 7.02. The molecule has 0 aliphatic rings. The van der Waals surface area contributed by atoms with Crippen molar-refractivity contribution in [3.63, 3.8) is 0 Å². The fourth-order valence-electron chi connectivity index (χ4n) is 2.09. The molecule has 2 aromatic rings. The second kappa shape index (κ2) is 8.40. The van der Waals surface area contributed by atoms with Crippen LogP contribution in [0.3, 0.4) is 0 Å². The quantitative estimate of drug-likeness (QED) is 0.746. The smallest absolute Gasteiger partial charge is 0.0724 e. The Kier molecular flexibility index (Phi) is 6.14. The molecule has 0 aliphatic carbocycles. The van der Waals surface area contributed by atoms with Crippen molar-refractivity contribution in [2.24, 2.45) is 0 Å². The third-order valence-corrected chi connectivity index (χ3v) is 3.11. The van der Waals surface area contributed by atoms with Crippen LogP contribution in [0.2, 0.25) is 0 Å². The number of rotatable bonds is 8. The highest BCUT2D eigenvalue weighted by atomic mass is 15.1. The summed E-state index contributed by atoms with van der Waals surface area (Å²) in [7, 11) is 2.16. The Morgan fingerprint density at radius 2 is 2.00 bits per heavy atom. The van der Waals surface area contributed by atoms with Crippen molar-refractivity contribution in [1.29, 1.82) is 0 Å². The molecular weight excluding hydrogens is 248 g/mol. The average Bonchev–Trinajstić information content (AvgIpc) is 2.49. The van der Waals surface area contributed by atoms with Crippen LogP contribution in [0.25, 0.3) is 0 Å². The summed E-state index contributed by atoms with van der Waals surface area (Å²) in [6.07, 6.45) is 6.35. The zero-order valence-electron chi connectivity index (χ0n) is 12.0. The third-order valence-electron chi connectivity index (χ3n) is 3.11. The minimum Gasteiger partial charge on any atom is -0.311 e. The molecule has 0 atom stereocenters. The van der Waals surface area contributed by atoms with Gasteiger partial charge in [0.1, 0.15) is 0 Å². The highest BCUT2D eigenvalue weighted by molar-refractivity contribution is 5.14. The lowest BCUT2D eigenvalue weighted by Crippen LogP contribution is -2.24. The molecule has 0 fully saturated rings. The fourth-order valence-corrected chi connectivity index (χ4v) is 2.09. The highest BCUT2D eigenvalue weighted by Gasteiger charge is 1.99. The van der Waals surface area contributed by atoms with Gasteiger partial charge >= 0.3 is 0 Å². The predicted molar refractivity (Wildman–Crippen MR) is 81.1 cm³/mol.